The first-order valence-corrected chi connectivity index (χ1v) is 4.79. The molecule has 14 heavy (non-hydrogen) atoms. The molecule has 6 nitrogen and oxygen atoms in total. The summed E-state index contributed by atoms with van der Waals surface area (Å²) in [5.74, 6) is 0.586. The first-order chi connectivity index (χ1) is 6.67. The molecule has 1 heterocycles. The number of anilines is 1. The highest BCUT2D eigenvalue weighted by atomic mass is 16.3. The first kappa shape index (κ1) is 10.9. The van der Waals surface area contributed by atoms with Crippen LogP contribution in [0, 0.1) is 0 Å². The molecule has 0 radical (unpaired) electrons. The molecule has 0 bridgehead atoms. The molecule has 0 fully saturated rings. The van der Waals surface area contributed by atoms with E-state index in [1.165, 1.54) is 0 Å². The lowest BCUT2D eigenvalue weighted by molar-refractivity contribution is 0.201. The maximum atomic E-state index is 9.33. The highest BCUT2D eigenvalue weighted by Crippen LogP contribution is 2.19. The fourth-order valence-corrected chi connectivity index (χ4v) is 1.26. The van der Waals surface area contributed by atoms with Crippen LogP contribution in [0.15, 0.2) is 0 Å². The van der Waals surface area contributed by atoms with Gasteiger partial charge in [0.1, 0.15) is 0 Å². The van der Waals surface area contributed by atoms with Gasteiger partial charge in [-0.3, -0.25) is 0 Å². The maximum Gasteiger partial charge on any atom is 0.243 e. The van der Waals surface area contributed by atoms with Crippen LogP contribution in [0.5, 0.6) is 0 Å². The van der Waals surface area contributed by atoms with E-state index in [4.69, 9.17) is 0 Å². The van der Waals surface area contributed by atoms with E-state index in [1.807, 2.05) is 13.8 Å². The molecule has 0 saturated heterocycles. The number of aryl methyl sites for hydroxylation is 1. The van der Waals surface area contributed by atoms with Gasteiger partial charge in [0.15, 0.2) is 0 Å². The minimum absolute atomic E-state index is 0.0762. The van der Waals surface area contributed by atoms with Gasteiger partial charge in [0.25, 0.3) is 0 Å². The highest BCUT2D eigenvalue weighted by Gasteiger charge is 2.26. The van der Waals surface area contributed by atoms with Gasteiger partial charge < -0.3 is 10.4 Å². The molecule has 0 aromatic carbocycles. The number of aromatic nitrogens is 4. The van der Waals surface area contributed by atoms with Crippen LogP contribution < -0.4 is 5.32 Å². The molecule has 2 N–H and O–H groups in total. The largest absolute Gasteiger partial charge is 0.394 e. The Bertz CT molecular complexity index is 273. The Balaban J connectivity index is 2.79. The van der Waals surface area contributed by atoms with Gasteiger partial charge in [-0.15, -0.1) is 0 Å². The summed E-state index contributed by atoms with van der Waals surface area (Å²) < 4.78 is 1.55. The van der Waals surface area contributed by atoms with E-state index in [2.05, 4.69) is 20.8 Å². The summed E-state index contributed by atoms with van der Waals surface area (Å²) in [7, 11) is 1.76. The predicted molar refractivity (Wildman–Crippen MR) is 52.8 cm³/mol. The monoisotopic (exact) mass is 199 g/mol. The molecular weight excluding hydrogens is 182 g/mol. The molecule has 1 aromatic rings. The number of rotatable bonds is 5. The normalized spacial score (nSPS) is 11.7. The second-order valence-corrected chi connectivity index (χ2v) is 3.40. The molecule has 1 rings (SSSR count). The number of nitrogens with one attached hydrogen (secondary N) is 1. The van der Waals surface area contributed by atoms with Crippen molar-refractivity contribution < 1.29 is 5.11 Å². The van der Waals surface area contributed by atoms with Crippen LogP contribution in [-0.2, 0) is 7.05 Å². The van der Waals surface area contributed by atoms with E-state index in [1.54, 1.807) is 11.7 Å². The van der Waals surface area contributed by atoms with Crippen LogP contribution in [0.25, 0.3) is 0 Å². The third-order valence-corrected chi connectivity index (χ3v) is 2.65. The van der Waals surface area contributed by atoms with Gasteiger partial charge in [0, 0.05) is 7.05 Å². The molecule has 6 heteroatoms. The van der Waals surface area contributed by atoms with E-state index in [9.17, 15) is 5.11 Å². The lowest BCUT2D eigenvalue weighted by Gasteiger charge is -2.30. The molecule has 0 atom stereocenters. The molecule has 0 aliphatic carbocycles. The molecule has 0 amide bonds. The van der Waals surface area contributed by atoms with Crippen molar-refractivity contribution in [2.24, 2.45) is 7.05 Å². The van der Waals surface area contributed by atoms with Crippen LogP contribution in [0.2, 0.25) is 0 Å². The smallest absolute Gasteiger partial charge is 0.243 e. The van der Waals surface area contributed by atoms with Gasteiger partial charge in [-0.05, 0) is 23.3 Å². The average molecular weight is 199 g/mol. The molecule has 0 spiro atoms. The summed E-state index contributed by atoms with van der Waals surface area (Å²) in [6.07, 6.45) is 1.65. The summed E-state index contributed by atoms with van der Waals surface area (Å²) in [6, 6.07) is 0. The third kappa shape index (κ3) is 2.01. The van der Waals surface area contributed by atoms with Gasteiger partial charge >= 0.3 is 0 Å². The standard InChI is InChI=1S/C8H17N5O/c1-4-8(5-2,6-14)9-7-10-11-12-13(7)3/h14H,4-6H2,1-3H3,(H,9,10,12). The SMILES string of the molecule is CCC(CC)(CO)Nc1nnnn1C. The fourth-order valence-electron chi connectivity index (χ4n) is 1.26. The summed E-state index contributed by atoms with van der Waals surface area (Å²) in [4.78, 5) is 0. The highest BCUT2D eigenvalue weighted by molar-refractivity contribution is 5.27. The second kappa shape index (κ2) is 4.36. The van der Waals surface area contributed by atoms with E-state index in [0.717, 1.165) is 12.8 Å². The molecule has 0 aliphatic heterocycles. The Morgan fingerprint density at radius 3 is 2.43 bits per heavy atom. The average Bonchev–Trinajstić information content (AvgIpc) is 2.61. The van der Waals surface area contributed by atoms with Gasteiger partial charge in [-0.1, -0.05) is 18.9 Å². The van der Waals surface area contributed by atoms with Crippen LogP contribution in [-0.4, -0.2) is 37.5 Å². The lowest BCUT2D eigenvalue weighted by Crippen LogP contribution is -2.41. The first-order valence-electron chi connectivity index (χ1n) is 4.79. The number of aliphatic hydroxyl groups excluding tert-OH is 1. The van der Waals surface area contributed by atoms with Gasteiger partial charge in [-0.2, -0.15) is 0 Å². The summed E-state index contributed by atoms with van der Waals surface area (Å²) in [5.41, 5.74) is -0.317. The Labute approximate surface area is 83.3 Å². The van der Waals surface area contributed by atoms with Crippen LogP contribution >= 0.6 is 0 Å². The second-order valence-electron chi connectivity index (χ2n) is 3.40. The zero-order valence-electron chi connectivity index (χ0n) is 8.86. The predicted octanol–water partition coefficient (Wildman–Crippen LogP) is 0.173. The number of aliphatic hydroxyl groups is 1. The molecular formula is C8H17N5O. The Hall–Kier alpha value is -1.17. The molecule has 0 saturated carbocycles. The lowest BCUT2D eigenvalue weighted by atomic mass is 9.94. The van der Waals surface area contributed by atoms with Crippen molar-refractivity contribution in [2.45, 2.75) is 32.2 Å². The van der Waals surface area contributed by atoms with Crippen LogP contribution in [0.3, 0.4) is 0 Å². The quantitative estimate of drug-likeness (QED) is 0.707. The van der Waals surface area contributed by atoms with E-state index in [0.29, 0.717) is 5.95 Å². The van der Waals surface area contributed by atoms with Crippen molar-refractivity contribution in [3.63, 3.8) is 0 Å². The molecule has 0 unspecified atom stereocenters. The molecule has 80 valence electrons. The van der Waals surface area contributed by atoms with Crippen molar-refractivity contribution in [2.75, 3.05) is 11.9 Å². The number of hydrogen-bond donors (Lipinski definition) is 2. The van der Waals surface area contributed by atoms with Crippen molar-refractivity contribution in [1.82, 2.24) is 20.2 Å². The summed E-state index contributed by atoms with van der Waals surface area (Å²) in [6.45, 7) is 4.12. The van der Waals surface area contributed by atoms with Gasteiger partial charge in [0.05, 0.1) is 12.1 Å². The van der Waals surface area contributed by atoms with Crippen molar-refractivity contribution in [3.8, 4) is 0 Å². The van der Waals surface area contributed by atoms with Gasteiger partial charge in [-0.25, -0.2) is 4.68 Å². The minimum Gasteiger partial charge on any atom is -0.394 e. The van der Waals surface area contributed by atoms with E-state index >= 15 is 0 Å². The summed E-state index contributed by atoms with van der Waals surface area (Å²) >= 11 is 0. The van der Waals surface area contributed by atoms with Crippen molar-refractivity contribution in [3.05, 3.63) is 0 Å². The maximum absolute atomic E-state index is 9.33. The Morgan fingerprint density at radius 2 is 2.07 bits per heavy atom. The zero-order chi connectivity index (χ0) is 10.6. The number of nitrogens with zero attached hydrogens (tertiary/aromatic N) is 4. The minimum atomic E-state index is -0.317. The molecule has 1 aromatic heterocycles. The summed E-state index contributed by atoms with van der Waals surface area (Å²) in [5, 5.41) is 23.6. The zero-order valence-corrected chi connectivity index (χ0v) is 8.86. The van der Waals surface area contributed by atoms with Crippen LogP contribution in [0.4, 0.5) is 5.95 Å². The Morgan fingerprint density at radius 1 is 1.43 bits per heavy atom. The van der Waals surface area contributed by atoms with Crippen LogP contribution in [0.1, 0.15) is 26.7 Å². The Kier molecular flexibility index (Phi) is 3.40. The van der Waals surface area contributed by atoms with E-state index in [-0.39, 0.29) is 12.1 Å². The topological polar surface area (TPSA) is 75.9 Å². The number of tetrazole rings is 1. The molecule has 0 aliphatic rings. The number of hydrogen-bond acceptors (Lipinski definition) is 5. The fraction of sp³-hybridized carbons (Fsp3) is 0.875. The van der Waals surface area contributed by atoms with Crippen molar-refractivity contribution in [1.29, 1.82) is 0 Å². The van der Waals surface area contributed by atoms with Gasteiger partial charge in [0.2, 0.25) is 5.95 Å². The van der Waals surface area contributed by atoms with Crippen molar-refractivity contribution >= 4 is 5.95 Å². The third-order valence-electron chi connectivity index (χ3n) is 2.65. The van der Waals surface area contributed by atoms with E-state index < -0.39 is 0 Å².